The van der Waals surface area contributed by atoms with Gasteiger partial charge in [-0.15, -0.1) is 0 Å². The number of aromatic nitrogens is 3. The molecule has 28 heavy (non-hydrogen) atoms. The Bertz CT molecular complexity index is 1080. The molecule has 0 saturated heterocycles. The molecule has 0 unspecified atom stereocenters. The van der Waals surface area contributed by atoms with Crippen molar-refractivity contribution >= 4 is 22.8 Å². The van der Waals surface area contributed by atoms with E-state index < -0.39 is 0 Å². The Morgan fingerprint density at radius 2 is 1.75 bits per heavy atom. The van der Waals surface area contributed by atoms with Crippen molar-refractivity contribution in [3.63, 3.8) is 0 Å². The van der Waals surface area contributed by atoms with E-state index in [1.165, 1.54) is 5.56 Å². The molecule has 5 nitrogen and oxygen atoms in total. The first kappa shape index (κ1) is 18.4. The molecule has 0 bridgehead atoms. The van der Waals surface area contributed by atoms with Crippen molar-refractivity contribution in [3.8, 4) is 11.5 Å². The van der Waals surface area contributed by atoms with Crippen molar-refractivity contribution in [3.05, 3.63) is 78.1 Å². The Kier molecular flexibility index (Phi) is 5.48. The number of ether oxygens (including phenoxy) is 2. The van der Waals surface area contributed by atoms with E-state index in [2.05, 4.69) is 33.8 Å². The standard InChI is InChI=1S/C22H21N3O2S/c1-26-18-8-6-16(7-9-18)15-28-22-24-20-10-11-23-13-21(20)25(22)14-17-4-3-5-19(12-17)27-2/h3-13H,14-15H2,1-2H3. The van der Waals surface area contributed by atoms with Gasteiger partial charge in [0.25, 0.3) is 0 Å². The summed E-state index contributed by atoms with van der Waals surface area (Å²) in [5.41, 5.74) is 4.37. The molecule has 4 rings (SSSR count). The average molecular weight is 391 g/mol. The van der Waals surface area contributed by atoms with Crippen LogP contribution in [0.15, 0.2) is 72.1 Å². The third kappa shape index (κ3) is 3.97. The van der Waals surface area contributed by atoms with E-state index in [9.17, 15) is 0 Å². The molecule has 0 aliphatic carbocycles. The van der Waals surface area contributed by atoms with Gasteiger partial charge in [0.1, 0.15) is 11.5 Å². The quantitative estimate of drug-likeness (QED) is 0.424. The number of thioether (sulfide) groups is 1. The van der Waals surface area contributed by atoms with E-state index in [1.54, 1.807) is 32.2 Å². The number of imidazole rings is 1. The molecule has 0 saturated carbocycles. The third-order valence-corrected chi connectivity index (χ3v) is 5.56. The molecule has 142 valence electrons. The van der Waals surface area contributed by atoms with Crippen molar-refractivity contribution in [2.45, 2.75) is 17.5 Å². The number of hydrogen-bond donors (Lipinski definition) is 0. The van der Waals surface area contributed by atoms with Crippen molar-refractivity contribution < 1.29 is 9.47 Å². The summed E-state index contributed by atoms with van der Waals surface area (Å²) in [5.74, 6) is 2.55. The molecule has 2 aromatic heterocycles. The molecule has 6 heteroatoms. The molecule has 0 fully saturated rings. The van der Waals surface area contributed by atoms with Crippen LogP contribution >= 0.6 is 11.8 Å². The lowest BCUT2D eigenvalue weighted by atomic mass is 10.2. The zero-order valence-corrected chi connectivity index (χ0v) is 16.6. The van der Waals surface area contributed by atoms with E-state index in [-0.39, 0.29) is 0 Å². The van der Waals surface area contributed by atoms with Gasteiger partial charge in [-0.1, -0.05) is 36.0 Å². The smallest absolute Gasteiger partial charge is 0.169 e. The zero-order valence-electron chi connectivity index (χ0n) is 15.8. The molecule has 4 aromatic rings. The summed E-state index contributed by atoms with van der Waals surface area (Å²) < 4.78 is 12.8. The molecular formula is C22H21N3O2S. The van der Waals surface area contributed by atoms with Gasteiger partial charge in [-0.05, 0) is 41.5 Å². The van der Waals surface area contributed by atoms with Crippen LogP contribution in [0.25, 0.3) is 11.0 Å². The maximum Gasteiger partial charge on any atom is 0.169 e. The number of hydrogen-bond acceptors (Lipinski definition) is 5. The summed E-state index contributed by atoms with van der Waals surface area (Å²) in [5, 5.41) is 0.974. The average Bonchev–Trinajstić information content (AvgIpc) is 3.10. The monoisotopic (exact) mass is 391 g/mol. The second-order valence-corrected chi connectivity index (χ2v) is 7.28. The van der Waals surface area contributed by atoms with Gasteiger partial charge in [-0.25, -0.2) is 4.98 Å². The zero-order chi connectivity index (χ0) is 19.3. The van der Waals surface area contributed by atoms with E-state index in [4.69, 9.17) is 14.5 Å². The molecule has 0 N–H and O–H groups in total. The first-order valence-corrected chi connectivity index (χ1v) is 9.94. The minimum absolute atomic E-state index is 0.713. The highest BCUT2D eigenvalue weighted by Gasteiger charge is 2.12. The first-order valence-electron chi connectivity index (χ1n) is 8.96. The van der Waals surface area contributed by atoms with Crippen LogP contribution in [-0.2, 0) is 12.3 Å². The Hall–Kier alpha value is -2.99. The Labute approximate surface area is 168 Å². The van der Waals surface area contributed by atoms with Gasteiger partial charge >= 0.3 is 0 Å². The number of nitrogens with zero attached hydrogens (tertiary/aromatic N) is 3. The fourth-order valence-electron chi connectivity index (χ4n) is 3.03. The number of rotatable bonds is 7. The van der Waals surface area contributed by atoms with Crippen molar-refractivity contribution in [2.24, 2.45) is 0 Å². The van der Waals surface area contributed by atoms with E-state index in [0.29, 0.717) is 6.54 Å². The molecule has 0 aliphatic heterocycles. The Morgan fingerprint density at radius 3 is 2.54 bits per heavy atom. The van der Waals surface area contributed by atoms with Crippen LogP contribution in [0.2, 0.25) is 0 Å². The number of methoxy groups -OCH3 is 2. The summed E-state index contributed by atoms with van der Waals surface area (Å²) in [6.45, 7) is 0.713. The number of pyridine rings is 1. The van der Waals surface area contributed by atoms with Gasteiger partial charge in [-0.3, -0.25) is 4.98 Å². The predicted octanol–water partition coefficient (Wildman–Crippen LogP) is 4.79. The van der Waals surface area contributed by atoms with Gasteiger partial charge in [-0.2, -0.15) is 0 Å². The van der Waals surface area contributed by atoms with Crippen LogP contribution in [0.5, 0.6) is 11.5 Å². The maximum atomic E-state index is 5.36. The molecular weight excluding hydrogens is 370 g/mol. The molecule has 0 amide bonds. The predicted molar refractivity (Wildman–Crippen MR) is 112 cm³/mol. The van der Waals surface area contributed by atoms with Crippen LogP contribution in [0, 0.1) is 0 Å². The SMILES string of the molecule is COc1ccc(CSc2nc3ccncc3n2Cc2cccc(OC)c2)cc1. The topological polar surface area (TPSA) is 49.2 Å². The van der Waals surface area contributed by atoms with Crippen LogP contribution in [-0.4, -0.2) is 28.8 Å². The minimum atomic E-state index is 0.713. The third-order valence-electron chi connectivity index (χ3n) is 4.52. The number of fused-ring (bicyclic) bond motifs is 1. The highest BCUT2D eigenvalue weighted by atomic mass is 32.2. The summed E-state index contributed by atoms with van der Waals surface area (Å²) in [6.07, 6.45) is 3.66. The van der Waals surface area contributed by atoms with Crippen molar-refractivity contribution in [2.75, 3.05) is 14.2 Å². The summed E-state index contributed by atoms with van der Waals surface area (Å²) in [7, 11) is 3.37. The van der Waals surface area contributed by atoms with Gasteiger partial charge in [0, 0.05) is 11.9 Å². The highest BCUT2D eigenvalue weighted by molar-refractivity contribution is 7.98. The van der Waals surface area contributed by atoms with E-state index >= 15 is 0 Å². The minimum Gasteiger partial charge on any atom is -0.497 e. The van der Waals surface area contributed by atoms with Crippen LogP contribution in [0.4, 0.5) is 0 Å². The second-order valence-electron chi connectivity index (χ2n) is 6.33. The van der Waals surface area contributed by atoms with Crippen LogP contribution < -0.4 is 9.47 Å². The fourth-order valence-corrected chi connectivity index (χ4v) is 4.00. The van der Waals surface area contributed by atoms with Crippen molar-refractivity contribution in [1.29, 1.82) is 0 Å². The van der Waals surface area contributed by atoms with Crippen LogP contribution in [0.3, 0.4) is 0 Å². The summed E-state index contributed by atoms with van der Waals surface area (Å²) >= 11 is 1.72. The van der Waals surface area contributed by atoms with Gasteiger partial charge in [0.15, 0.2) is 5.16 Å². The number of benzene rings is 2. The summed E-state index contributed by atoms with van der Waals surface area (Å²) in [6, 6.07) is 18.2. The molecule has 0 aliphatic rings. The van der Waals surface area contributed by atoms with E-state index in [0.717, 1.165) is 39.0 Å². The second kappa shape index (κ2) is 8.35. The first-order chi connectivity index (χ1) is 13.8. The molecule has 0 radical (unpaired) electrons. The van der Waals surface area contributed by atoms with Gasteiger partial charge in [0.2, 0.25) is 0 Å². The van der Waals surface area contributed by atoms with Gasteiger partial charge < -0.3 is 14.0 Å². The maximum absolute atomic E-state index is 5.36. The molecule has 0 spiro atoms. The fraction of sp³-hybridized carbons (Fsp3) is 0.182. The van der Waals surface area contributed by atoms with Crippen molar-refractivity contribution in [1.82, 2.24) is 14.5 Å². The largest absolute Gasteiger partial charge is 0.497 e. The Balaban J connectivity index is 1.62. The van der Waals surface area contributed by atoms with E-state index in [1.807, 2.05) is 36.5 Å². The van der Waals surface area contributed by atoms with Crippen LogP contribution in [0.1, 0.15) is 11.1 Å². The lowest BCUT2D eigenvalue weighted by molar-refractivity contribution is 0.414. The Morgan fingerprint density at radius 1 is 0.929 bits per heavy atom. The lowest BCUT2D eigenvalue weighted by Crippen LogP contribution is -2.02. The normalized spacial score (nSPS) is 10.9. The van der Waals surface area contributed by atoms with Gasteiger partial charge in [0.05, 0.1) is 38.0 Å². The molecule has 0 atom stereocenters. The summed E-state index contributed by atoms with van der Waals surface area (Å²) in [4.78, 5) is 9.12. The molecule has 2 aromatic carbocycles. The highest BCUT2D eigenvalue weighted by Crippen LogP contribution is 2.28. The molecule has 2 heterocycles. The lowest BCUT2D eigenvalue weighted by Gasteiger charge is -2.10.